The van der Waals surface area contributed by atoms with E-state index in [0.29, 0.717) is 12.2 Å². The second kappa shape index (κ2) is 8.70. The molecule has 0 bridgehead atoms. The summed E-state index contributed by atoms with van der Waals surface area (Å²) in [6, 6.07) is 5.64. The largest absolute Gasteiger partial charge is 0.379 e. The van der Waals surface area contributed by atoms with Crippen LogP contribution in [0.25, 0.3) is 5.52 Å². The summed E-state index contributed by atoms with van der Waals surface area (Å²) in [5.74, 6) is 0.256. The first-order valence-electron chi connectivity index (χ1n) is 9.69. The zero-order chi connectivity index (χ0) is 20.1. The zero-order valence-corrected chi connectivity index (χ0v) is 16.8. The average Bonchev–Trinajstić information content (AvgIpc) is 3.07. The molecule has 2 aromatic heterocycles. The van der Waals surface area contributed by atoms with Crippen LogP contribution < -0.4 is 10.6 Å². The Labute approximate surface area is 165 Å². The third-order valence-electron chi connectivity index (χ3n) is 4.70. The topological polar surface area (TPSA) is 88.0 Å². The molecule has 1 fully saturated rings. The van der Waals surface area contributed by atoms with Crippen molar-refractivity contribution in [3.05, 3.63) is 35.9 Å². The second-order valence-corrected chi connectivity index (χ2v) is 7.98. The van der Waals surface area contributed by atoms with Gasteiger partial charge in [0.05, 0.1) is 25.3 Å². The summed E-state index contributed by atoms with van der Waals surface area (Å²) in [5, 5.41) is 5.53. The zero-order valence-electron chi connectivity index (χ0n) is 16.8. The van der Waals surface area contributed by atoms with E-state index >= 15 is 0 Å². The number of fused-ring (bicyclic) bond motifs is 1. The summed E-state index contributed by atoms with van der Waals surface area (Å²) in [5.41, 5.74) is 0.865. The number of hydrogen-bond donors (Lipinski definition) is 2. The highest BCUT2D eigenvalue weighted by atomic mass is 16.5. The van der Waals surface area contributed by atoms with Crippen molar-refractivity contribution in [3.63, 3.8) is 0 Å². The Morgan fingerprint density at radius 1 is 1.18 bits per heavy atom. The summed E-state index contributed by atoms with van der Waals surface area (Å²) in [7, 11) is 0. The van der Waals surface area contributed by atoms with Gasteiger partial charge in [0.15, 0.2) is 5.69 Å². The molecule has 2 aromatic rings. The first-order chi connectivity index (χ1) is 13.4. The number of ether oxygens (including phenoxy) is 1. The van der Waals surface area contributed by atoms with E-state index in [1.165, 1.54) is 0 Å². The van der Waals surface area contributed by atoms with Gasteiger partial charge in [-0.3, -0.25) is 14.5 Å². The van der Waals surface area contributed by atoms with Gasteiger partial charge in [-0.15, -0.1) is 0 Å². The molecule has 1 saturated heterocycles. The number of rotatable bonds is 6. The number of carbonyl (C=O) groups excluding carboxylic acids is 2. The van der Waals surface area contributed by atoms with Crippen molar-refractivity contribution in [2.24, 2.45) is 0 Å². The lowest BCUT2D eigenvalue weighted by Crippen LogP contribution is -2.43. The van der Waals surface area contributed by atoms with Crippen LogP contribution in [0.5, 0.6) is 0 Å². The van der Waals surface area contributed by atoms with Crippen LogP contribution in [0, 0.1) is 0 Å². The van der Waals surface area contributed by atoms with Crippen LogP contribution in [0.1, 0.15) is 37.1 Å². The summed E-state index contributed by atoms with van der Waals surface area (Å²) in [4.78, 5) is 31.5. The van der Waals surface area contributed by atoms with E-state index in [-0.39, 0.29) is 23.8 Å². The van der Waals surface area contributed by atoms with Crippen LogP contribution in [-0.2, 0) is 14.9 Å². The standard InChI is InChI=1S/C20H29N5O3/c1-20(2,3)19-23-17(15-6-4-5-8-25(15)19)18(27)22-14-16(26)21-7-9-24-10-12-28-13-11-24/h4-6,8H,7,9-14H2,1-3H3,(H,21,26)(H,22,27). The minimum Gasteiger partial charge on any atom is -0.379 e. The summed E-state index contributed by atoms with van der Waals surface area (Å²) >= 11 is 0. The van der Waals surface area contributed by atoms with Crippen LogP contribution in [0.15, 0.2) is 24.4 Å². The summed E-state index contributed by atoms with van der Waals surface area (Å²) in [6.45, 7) is 10.7. The molecule has 2 N–H and O–H groups in total. The third-order valence-corrected chi connectivity index (χ3v) is 4.70. The lowest BCUT2D eigenvalue weighted by Gasteiger charge is -2.26. The van der Waals surface area contributed by atoms with Gasteiger partial charge in [0.2, 0.25) is 5.91 Å². The van der Waals surface area contributed by atoms with E-state index in [4.69, 9.17) is 4.74 Å². The molecule has 0 spiro atoms. The number of carbonyl (C=O) groups is 2. The van der Waals surface area contributed by atoms with Crippen LogP contribution in [0.4, 0.5) is 0 Å². The predicted octanol–water partition coefficient (Wildman–Crippen LogP) is 0.810. The van der Waals surface area contributed by atoms with Gasteiger partial charge in [-0.1, -0.05) is 26.8 Å². The Hall–Kier alpha value is -2.45. The molecule has 3 heterocycles. The second-order valence-electron chi connectivity index (χ2n) is 7.98. The SMILES string of the molecule is CC(C)(C)c1nc(C(=O)NCC(=O)NCCN2CCOCC2)c2ccccn12. The van der Waals surface area contributed by atoms with Crippen molar-refractivity contribution in [1.29, 1.82) is 0 Å². The number of nitrogens with zero attached hydrogens (tertiary/aromatic N) is 3. The van der Waals surface area contributed by atoms with E-state index in [1.54, 1.807) is 0 Å². The molecule has 8 nitrogen and oxygen atoms in total. The Bertz CT molecular complexity index is 834. The van der Waals surface area contributed by atoms with Crippen molar-refractivity contribution < 1.29 is 14.3 Å². The molecule has 0 atom stereocenters. The fraction of sp³-hybridized carbons (Fsp3) is 0.550. The van der Waals surface area contributed by atoms with Gasteiger partial charge in [0, 0.05) is 37.8 Å². The fourth-order valence-electron chi connectivity index (χ4n) is 3.22. The smallest absolute Gasteiger partial charge is 0.272 e. The summed E-state index contributed by atoms with van der Waals surface area (Å²) in [6.07, 6.45) is 1.90. The number of imidazole rings is 1. The Balaban J connectivity index is 1.55. The number of hydrogen-bond acceptors (Lipinski definition) is 5. The highest BCUT2D eigenvalue weighted by Gasteiger charge is 2.25. The van der Waals surface area contributed by atoms with E-state index in [9.17, 15) is 9.59 Å². The van der Waals surface area contributed by atoms with Crippen molar-refractivity contribution in [1.82, 2.24) is 24.9 Å². The molecule has 0 aliphatic carbocycles. The maximum atomic E-state index is 12.6. The maximum absolute atomic E-state index is 12.6. The first-order valence-corrected chi connectivity index (χ1v) is 9.69. The quantitative estimate of drug-likeness (QED) is 0.766. The van der Waals surface area contributed by atoms with Crippen molar-refractivity contribution >= 4 is 17.3 Å². The molecule has 0 saturated carbocycles. The van der Waals surface area contributed by atoms with Crippen molar-refractivity contribution in [2.45, 2.75) is 26.2 Å². The minimum absolute atomic E-state index is 0.0708. The lowest BCUT2D eigenvalue weighted by molar-refractivity contribution is -0.120. The van der Waals surface area contributed by atoms with E-state index in [0.717, 1.165) is 44.2 Å². The molecule has 1 aliphatic rings. The number of aromatic nitrogens is 2. The van der Waals surface area contributed by atoms with Crippen LogP contribution >= 0.6 is 0 Å². The minimum atomic E-state index is -0.345. The lowest BCUT2D eigenvalue weighted by atomic mass is 9.96. The molecule has 8 heteroatoms. The van der Waals surface area contributed by atoms with Crippen LogP contribution in [-0.4, -0.2) is 72.0 Å². The molecule has 0 radical (unpaired) electrons. The van der Waals surface area contributed by atoms with Gasteiger partial charge >= 0.3 is 0 Å². The molecule has 2 amide bonds. The highest BCUT2D eigenvalue weighted by Crippen LogP contribution is 2.24. The normalized spacial score (nSPS) is 15.5. The Morgan fingerprint density at radius 2 is 1.93 bits per heavy atom. The molecule has 28 heavy (non-hydrogen) atoms. The van der Waals surface area contributed by atoms with Gasteiger partial charge in [-0.05, 0) is 12.1 Å². The van der Waals surface area contributed by atoms with Gasteiger partial charge in [0.1, 0.15) is 5.82 Å². The Morgan fingerprint density at radius 3 is 2.64 bits per heavy atom. The molecule has 3 rings (SSSR count). The Kier molecular flexibility index (Phi) is 6.31. The number of pyridine rings is 1. The van der Waals surface area contributed by atoms with Gasteiger partial charge in [-0.25, -0.2) is 4.98 Å². The molecule has 0 aromatic carbocycles. The molecule has 1 aliphatic heterocycles. The van der Waals surface area contributed by atoms with Gasteiger partial charge < -0.3 is 19.8 Å². The summed E-state index contributed by atoms with van der Waals surface area (Å²) < 4.78 is 7.23. The highest BCUT2D eigenvalue weighted by molar-refractivity contribution is 6.00. The molecular formula is C20H29N5O3. The van der Waals surface area contributed by atoms with E-state index < -0.39 is 0 Å². The first kappa shape index (κ1) is 20.3. The number of amides is 2. The van der Waals surface area contributed by atoms with Gasteiger partial charge in [-0.2, -0.15) is 0 Å². The molecule has 152 valence electrons. The number of nitrogens with one attached hydrogen (secondary N) is 2. The van der Waals surface area contributed by atoms with E-state index in [1.807, 2.05) is 28.8 Å². The molecule has 0 unspecified atom stereocenters. The number of morpholine rings is 1. The molecular weight excluding hydrogens is 358 g/mol. The van der Waals surface area contributed by atoms with Gasteiger partial charge in [0.25, 0.3) is 5.91 Å². The average molecular weight is 387 g/mol. The van der Waals surface area contributed by atoms with Crippen molar-refractivity contribution in [2.75, 3.05) is 45.9 Å². The van der Waals surface area contributed by atoms with Crippen LogP contribution in [0.2, 0.25) is 0 Å². The predicted molar refractivity (Wildman–Crippen MR) is 106 cm³/mol. The third kappa shape index (κ3) is 4.88. The maximum Gasteiger partial charge on any atom is 0.272 e. The monoisotopic (exact) mass is 387 g/mol. The van der Waals surface area contributed by atoms with Crippen molar-refractivity contribution in [3.8, 4) is 0 Å². The fourth-order valence-corrected chi connectivity index (χ4v) is 3.22. The van der Waals surface area contributed by atoms with E-state index in [2.05, 4.69) is 41.3 Å². The van der Waals surface area contributed by atoms with Crippen LogP contribution in [0.3, 0.4) is 0 Å².